The average molecular weight is 515 g/mol. The van der Waals surface area contributed by atoms with Crippen LogP contribution in [0.5, 0.6) is 0 Å². The first kappa shape index (κ1) is 26.2. The maximum atomic E-state index is 12.0. The van der Waals surface area contributed by atoms with E-state index in [0.29, 0.717) is 19.0 Å². The summed E-state index contributed by atoms with van der Waals surface area (Å²) in [6, 6.07) is 0.247. The molecule has 0 radical (unpaired) electrons. The lowest BCUT2D eigenvalue weighted by Crippen LogP contribution is -2.50. The number of ether oxygens (including phenoxy) is 1. The summed E-state index contributed by atoms with van der Waals surface area (Å²) in [6.45, 7) is 2.84. The predicted molar refractivity (Wildman–Crippen MR) is 122 cm³/mol. The molecule has 27 heavy (non-hydrogen) atoms. The van der Waals surface area contributed by atoms with Crippen molar-refractivity contribution in [3.05, 3.63) is 0 Å². The fourth-order valence-corrected chi connectivity index (χ4v) is 2.83. The molecule has 2 N–H and O–H groups in total. The quantitative estimate of drug-likeness (QED) is 0.203. The third kappa shape index (κ3) is 11.0. The Kier molecular flexibility index (Phi) is 14.8. The van der Waals surface area contributed by atoms with Crippen LogP contribution in [0.2, 0.25) is 0 Å². The summed E-state index contributed by atoms with van der Waals surface area (Å²) in [7, 11) is 5.06. The number of guanidine groups is 1. The lowest BCUT2D eigenvalue weighted by Gasteiger charge is -2.33. The van der Waals surface area contributed by atoms with E-state index in [0.717, 1.165) is 38.2 Å². The van der Waals surface area contributed by atoms with Gasteiger partial charge in [0, 0.05) is 52.6 Å². The van der Waals surface area contributed by atoms with Crippen LogP contribution < -0.4 is 10.6 Å². The van der Waals surface area contributed by atoms with Crippen LogP contribution in [0.3, 0.4) is 0 Å². The Labute approximate surface area is 184 Å². The van der Waals surface area contributed by atoms with Gasteiger partial charge in [0.2, 0.25) is 11.8 Å². The molecule has 1 rings (SSSR count). The smallest absolute Gasteiger partial charge is 0.243 e. The van der Waals surface area contributed by atoms with Crippen molar-refractivity contribution in [2.24, 2.45) is 4.99 Å². The monoisotopic (exact) mass is 515 g/mol. The summed E-state index contributed by atoms with van der Waals surface area (Å²) >= 11 is 1.75. The molecule has 1 saturated heterocycles. The van der Waals surface area contributed by atoms with Crippen LogP contribution >= 0.6 is 35.7 Å². The minimum Gasteiger partial charge on any atom is -0.384 e. The number of methoxy groups -OCH3 is 1. The van der Waals surface area contributed by atoms with E-state index in [1.165, 1.54) is 4.90 Å². The molecule has 8 nitrogen and oxygen atoms in total. The van der Waals surface area contributed by atoms with Gasteiger partial charge < -0.3 is 25.2 Å². The number of likely N-dealkylation sites (N-methyl/N-ethyl adjacent to an activating group) is 1. The molecule has 1 heterocycles. The molecule has 1 aliphatic heterocycles. The molecule has 0 atom stereocenters. The minimum absolute atomic E-state index is 0. The highest BCUT2D eigenvalue weighted by atomic mass is 127. The second-order valence-electron chi connectivity index (χ2n) is 6.41. The summed E-state index contributed by atoms with van der Waals surface area (Å²) in [5.41, 5.74) is 0. The average Bonchev–Trinajstić information content (AvgIpc) is 2.64. The molecule has 0 saturated carbocycles. The van der Waals surface area contributed by atoms with Crippen molar-refractivity contribution in [1.29, 1.82) is 0 Å². The maximum Gasteiger partial charge on any atom is 0.243 e. The fraction of sp³-hybridized carbons (Fsp3) is 0.824. The van der Waals surface area contributed by atoms with Gasteiger partial charge in [-0.15, -0.1) is 24.0 Å². The van der Waals surface area contributed by atoms with E-state index < -0.39 is 0 Å². The number of nitrogens with zero attached hydrogens (tertiary/aromatic N) is 3. The van der Waals surface area contributed by atoms with E-state index in [2.05, 4.69) is 21.9 Å². The first-order valence-corrected chi connectivity index (χ1v) is 10.4. The Morgan fingerprint density at radius 3 is 2.52 bits per heavy atom. The maximum absolute atomic E-state index is 12.0. The first-order chi connectivity index (χ1) is 12.5. The van der Waals surface area contributed by atoms with E-state index in [9.17, 15) is 9.59 Å². The number of nitrogens with one attached hydrogen (secondary N) is 2. The molecule has 0 aromatic carbocycles. The molecule has 2 amide bonds. The van der Waals surface area contributed by atoms with Gasteiger partial charge in [-0.25, -0.2) is 4.99 Å². The molecule has 0 bridgehead atoms. The molecular weight excluding hydrogens is 481 g/mol. The zero-order chi connectivity index (χ0) is 19.4. The normalized spacial score (nSPS) is 15.1. The van der Waals surface area contributed by atoms with Gasteiger partial charge >= 0.3 is 0 Å². The van der Waals surface area contributed by atoms with Gasteiger partial charge in [0.05, 0.1) is 13.0 Å². The molecular formula is C17H34IN5O3S. The van der Waals surface area contributed by atoms with Crippen molar-refractivity contribution in [2.75, 3.05) is 66.0 Å². The van der Waals surface area contributed by atoms with E-state index in [4.69, 9.17) is 4.74 Å². The van der Waals surface area contributed by atoms with Crippen molar-refractivity contribution in [2.45, 2.75) is 25.3 Å². The van der Waals surface area contributed by atoms with Crippen LogP contribution in [-0.2, 0) is 14.3 Å². The first-order valence-electron chi connectivity index (χ1n) is 8.98. The topological polar surface area (TPSA) is 86.3 Å². The lowest BCUT2D eigenvalue weighted by atomic mass is 10.0. The molecule has 0 aromatic rings. The van der Waals surface area contributed by atoms with Crippen LogP contribution in [0.25, 0.3) is 0 Å². The Morgan fingerprint density at radius 2 is 1.96 bits per heavy atom. The van der Waals surface area contributed by atoms with Crippen LogP contribution in [0, 0.1) is 0 Å². The number of hydrogen-bond donors (Lipinski definition) is 2. The largest absolute Gasteiger partial charge is 0.384 e. The van der Waals surface area contributed by atoms with E-state index in [-0.39, 0.29) is 48.4 Å². The second kappa shape index (κ2) is 15.2. The number of carbonyl (C=O) groups excluding carboxylic acids is 2. The fourth-order valence-electron chi connectivity index (χ4n) is 2.53. The number of halogens is 1. The molecule has 1 aliphatic rings. The number of piperidine rings is 1. The van der Waals surface area contributed by atoms with E-state index >= 15 is 0 Å². The number of hydrogen-bond acceptors (Lipinski definition) is 5. The highest BCUT2D eigenvalue weighted by Gasteiger charge is 2.23. The van der Waals surface area contributed by atoms with Gasteiger partial charge in [0.25, 0.3) is 0 Å². The summed E-state index contributed by atoms with van der Waals surface area (Å²) < 4.78 is 4.97. The van der Waals surface area contributed by atoms with Gasteiger partial charge in [-0.3, -0.25) is 9.59 Å². The van der Waals surface area contributed by atoms with Crippen molar-refractivity contribution >= 4 is 53.5 Å². The summed E-state index contributed by atoms with van der Waals surface area (Å²) in [5, 5.41) is 6.68. The molecule has 1 fully saturated rings. The molecule has 10 heteroatoms. The molecule has 158 valence electrons. The Balaban J connectivity index is 0.00000676. The molecule has 0 spiro atoms. The third-order valence-electron chi connectivity index (χ3n) is 4.18. The highest BCUT2D eigenvalue weighted by molar-refractivity contribution is 14.0. The standard InChI is InChI=1S/C17H33N5O3S.HI/c1-21(2)16(24)13-19-17(18-8-12-26-4)20-14-5-9-22(10-6-14)15(23)7-11-25-3;/h14H,5-13H2,1-4H3,(H2,18,19,20);1H. The Hall–Kier alpha value is -0.750. The van der Waals surface area contributed by atoms with Crippen LogP contribution in [0.4, 0.5) is 0 Å². The zero-order valence-electron chi connectivity index (χ0n) is 16.8. The lowest BCUT2D eigenvalue weighted by molar-refractivity contribution is -0.133. The SMILES string of the molecule is COCCC(=O)N1CCC(NC(=NCC(=O)N(C)C)NCCSC)CC1.I. The second-order valence-corrected chi connectivity index (χ2v) is 7.40. The molecule has 0 unspecified atom stereocenters. The Bertz CT molecular complexity index is 471. The summed E-state index contributed by atoms with van der Waals surface area (Å²) in [4.78, 5) is 31.7. The predicted octanol–water partition coefficient (Wildman–Crippen LogP) is 0.618. The van der Waals surface area contributed by atoms with Gasteiger partial charge in [-0.1, -0.05) is 0 Å². The summed E-state index contributed by atoms with van der Waals surface area (Å²) in [5.74, 6) is 1.75. The zero-order valence-corrected chi connectivity index (χ0v) is 20.0. The van der Waals surface area contributed by atoms with Crippen molar-refractivity contribution in [1.82, 2.24) is 20.4 Å². The number of likely N-dealkylation sites (tertiary alicyclic amines) is 1. The highest BCUT2D eigenvalue weighted by Crippen LogP contribution is 2.11. The summed E-state index contributed by atoms with van der Waals surface area (Å²) in [6.07, 6.45) is 4.22. The number of carbonyl (C=O) groups is 2. The van der Waals surface area contributed by atoms with Gasteiger partial charge in [-0.05, 0) is 19.1 Å². The molecule has 0 aromatic heterocycles. The van der Waals surface area contributed by atoms with E-state index in [1.807, 2.05) is 4.90 Å². The number of thioether (sulfide) groups is 1. The number of aliphatic imine (C=N–C) groups is 1. The number of rotatable bonds is 9. The van der Waals surface area contributed by atoms with Crippen LogP contribution in [0.1, 0.15) is 19.3 Å². The van der Waals surface area contributed by atoms with Gasteiger partial charge in [0.1, 0.15) is 6.54 Å². The minimum atomic E-state index is -0.0328. The van der Waals surface area contributed by atoms with Crippen molar-refractivity contribution in [3.8, 4) is 0 Å². The number of amides is 2. The van der Waals surface area contributed by atoms with Crippen molar-refractivity contribution in [3.63, 3.8) is 0 Å². The van der Waals surface area contributed by atoms with Gasteiger partial charge in [-0.2, -0.15) is 11.8 Å². The Morgan fingerprint density at radius 1 is 1.30 bits per heavy atom. The molecule has 0 aliphatic carbocycles. The third-order valence-corrected chi connectivity index (χ3v) is 4.79. The van der Waals surface area contributed by atoms with Crippen molar-refractivity contribution < 1.29 is 14.3 Å². The van der Waals surface area contributed by atoms with Crippen LogP contribution in [-0.4, -0.2) is 99.6 Å². The van der Waals surface area contributed by atoms with Crippen LogP contribution in [0.15, 0.2) is 4.99 Å². The van der Waals surface area contributed by atoms with E-state index in [1.54, 1.807) is 33.0 Å². The van der Waals surface area contributed by atoms with Gasteiger partial charge in [0.15, 0.2) is 5.96 Å².